The Labute approximate surface area is 247 Å². The number of sulfonamides is 1. The average Bonchev–Trinajstić information content (AvgIpc) is 3.13. The van der Waals surface area contributed by atoms with Crippen molar-refractivity contribution in [2.75, 3.05) is 10.0 Å². The number of aromatic nitrogens is 2. The number of halogens is 4. The Kier molecular flexibility index (Phi) is 8.68. The number of para-hydroxylation sites is 1. The summed E-state index contributed by atoms with van der Waals surface area (Å²) in [5.74, 6) is -2.59. The van der Waals surface area contributed by atoms with Crippen LogP contribution in [0.1, 0.15) is 16.1 Å². The second-order valence-corrected chi connectivity index (χ2v) is 11.3. The number of rotatable bonds is 6. The van der Waals surface area contributed by atoms with Crippen LogP contribution in [0.15, 0.2) is 70.4 Å². The average molecular weight is 642 g/mol. The van der Waals surface area contributed by atoms with Crippen LogP contribution in [0.2, 0.25) is 10.0 Å². The van der Waals surface area contributed by atoms with Gasteiger partial charge in [0.25, 0.3) is 21.5 Å². The molecular formula is C25H20Cl2F2N6O4S2. The summed E-state index contributed by atoms with van der Waals surface area (Å²) in [6.45, 7) is 1.55. The summed E-state index contributed by atoms with van der Waals surface area (Å²) >= 11 is 17.3. The molecule has 0 radical (unpaired) electrons. The minimum atomic E-state index is -4.54. The smallest absolute Gasteiger partial charge is 0.296 e. The van der Waals surface area contributed by atoms with Gasteiger partial charge in [0.1, 0.15) is 22.2 Å². The van der Waals surface area contributed by atoms with Crippen molar-refractivity contribution in [3.05, 3.63) is 104 Å². The Bertz CT molecular complexity index is 1850. The summed E-state index contributed by atoms with van der Waals surface area (Å²) < 4.78 is 58.7. The molecule has 0 atom stereocenters. The highest BCUT2D eigenvalue weighted by atomic mass is 35.5. The van der Waals surface area contributed by atoms with Crippen molar-refractivity contribution in [1.29, 1.82) is 0 Å². The minimum Gasteiger partial charge on any atom is -0.329 e. The van der Waals surface area contributed by atoms with Crippen LogP contribution in [0.4, 0.5) is 20.2 Å². The second kappa shape index (κ2) is 11.9. The van der Waals surface area contributed by atoms with Crippen LogP contribution in [-0.2, 0) is 17.1 Å². The van der Waals surface area contributed by atoms with Gasteiger partial charge in [-0.25, -0.2) is 21.9 Å². The van der Waals surface area contributed by atoms with Gasteiger partial charge < -0.3 is 5.32 Å². The Morgan fingerprint density at radius 3 is 2.34 bits per heavy atom. The molecule has 0 saturated carbocycles. The molecule has 41 heavy (non-hydrogen) atoms. The van der Waals surface area contributed by atoms with Gasteiger partial charge in [0.15, 0.2) is 5.11 Å². The van der Waals surface area contributed by atoms with Crippen LogP contribution in [-0.4, -0.2) is 28.8 Å². The van der Waals surface area contributed by atoms with Crippen molar-refractivity contribution < 1.29 is 22.0 Å². The number of amides is 1. The number of hydrazine groups is 1. The van der Waals surface area contributed by atoms with E-state index in [-0.39, 0.29) is 32.1 Å². The third-order valence-electron chi connectivity index (χ3n) is 5.81. The number of hydrogen-bond donors (Lipinski definition) is 4. The van der Waals surface area contributed by atoms with E-state index in [1.165, 1.54) is 9.36 Å². The van der Waals surface area contributed by atoms with Gasteiger partial charge in [-0.2, -0.15) is 0 Å². The quantitative estimate of drug-likeness (QED) is 0.181. The predicted molar refractivity (Wildman–Crippen MR) is 156 cm³/mol. The Morgan fingerprint density at radius 2 is 1.68 bits per heavy atom. The molecule has 0 bridgehead atoms. The lowest BCUT2D eigenvalue weighted by Crippen LogP contribution is -2.43. The molecule has 0 aliphatic heterocycles. The summed E-state index contributed by atoms with van der Waals surface area (Å²) in [6.07, 6.45) is 0. The maximum atomic E-state index is 13.8. The van der Waals surface area contributed by atoms with E-state index in [4.69, 9.17) is 35.4 Å². The molecular weight excluding hydrogens is 621 g/mol. The molecule has 0 spiro atoms. The lowest BCUT2D eigenvalue weighted by Gasteiger charge is -2.14. The molecule has 0 aliphatic carbocycles. The fourth-order valence-electron chi connectivity index (χ4n) is 3.70. The molecule has 214 valence electrons. The first-order valence-electron chi connectivity index (χ1n) is 11.5. The first-order valence-corrected chi connectivity index (χ1v) is 14.1. The predicted octanol–water partition coefficient (Wildman–Crippen LogP) is 4.50. The van der Waals surface area contributed by atoms with Crippen LogP contribution >= 0.6 is 35.4 Å². The Morgan fingerprint density at radius 1 is 1.00 bits per heavy atom. The first-order chi connectivity index (χ1) is 19.3. The van der Waals surface area contributed by atoms with Gasteiger partial charge in [-0.15, -0.1) is 0 Å². The number of thiocarbonyl (C=S) groups is 1. The lowest BCUT2D eigenvalue weighted by atomic mass is 10.2. The Balaban J connectivity index is 1.57. The van der Waals surface area contributed by atoms with Crippen molar-refractivity contribution in [2.45, 2.75) is 11.8 Å². The summed E-state index contributed by atoms with van der Waals surface area (Å²) in [5.41, 5.74) is 4.07. The summed E-state index contributed by atoms with van der Waals surface area (Å²) in [5, 5.41) is 1.53. The molecule has 1 amide bonds. The van der Waals surface area contributed by atoms with Crippen LogP contribution in [0.25, 0.3) is 5.69 Å². The van der Waals surface area contributed by atoms with E-state index >= 15 is 0 Å². The molecule has 0 unspecified atom stereocenters. The number of carbonyl (C=O) groups is 1. The van der Waals surface area contributed by atoms with Gasteiger partial charge in [0.05, 0.1) is 27.1 Å². The van der Waals surface area contributed by atoms with Crippen LogP contribution in [0.5, 0.6) is 0 Å². The number of nitrogens with one attached hydrogen (secondary N) is 4. The maximum absolute atomic E-state index is 13.8. The largest absolute Gasteiger partial charge is 0.329 e. The Hall–Kier alpha value is -3.98. The van der Waals surface area contributed by atoms with Gasteiger partial charge in [-0.1, -0.05) is 41.4 Å². The maximum Gasteiger partial charge on any atom is 0.296 e. The highest BCUT2D eigenvalue weighted by molar-refractivity contribution is 7.92. The van der Waals surface area contributed by atoms with E-state index in [0.29, 0.717) is 17.4 Å². The molecule has 1 heterocycles. The van der Waals surface area contributed by atoms with Crippen molar-refractivity contribution in [3.8, 4) is 5.69 Å². The van der Waals surface area contributed by atoms with Gasteiger partial charge in [0, 0.05) is 18.7 Å². The molecule has 0 saturated heterocycles. The van der Waals surface area contributed by atoms with Crippen molar-refractivity contribution in [3.63, 3.8) is 0 Å². The van der Waals surface area contributed by atoms with E-state index < -0.39 is 38.0 Å². The number of hydrogen-bond acceptors (Lipinski definition) is 5. The standard InChI is InChI=1S/C25H20Cl2F2N6O4S2/c1-13-22(24(37)35(34(13)2)16-6-4-3-5-7-16)33-41(38,39)20-11-14(10-17(26)21(20)27)23(36)31-32-25(40)30-19-9-8-15(28)12-18(19)29/h3-12,33H,1-2H3,(H,31,36)(H2,30,32,40). The summed E-state index contributed by atoms with van der Waals surface area (Å²) in [4.78, 5) is 25.4. The summed E-state index contributed by atoms with van der Waals surface area (Å²) in [7, 11) is -2.95. The topological polar surface area (TPSA) is 126 Å². The SMILES string of the molecule is Cc1c(NS(=O)(=O)c2cc(C(=O)NNC(=S)Nc3ccc(F)cc3F)cc(Cl)c2Cl)c(=O)n(-c2ccccc2)n1C. The normalized spacial score (nSPS) is 11.2. The zero-order chi connectivity index (χ0) is 30.1. The molecule has 1 aromatic heterocycles. The minimum absolute atomic E-state index is 0.158. The lowest BCUT2D eigenvalue weighted by molar-refractivity contribution is 0.0944. The van der Waals surface area contributed by atoms with E-state index in [1.54, 1.807) is 44.3 Å². The molecule has 4 N–H and O–H groups in total. The fourth-order valence-corrected chi connectivity index (χ4v) is 5.79. The molecule has 10 nitrogen and oxygen atoms in total. The number of benzene rings is 3. The molecule has 0 aliphatic rings. The van der Waals surface area contributed by atoms with Crippen molar-refractivity contribution in [1.82, 2.24) is 20.2 Å². The molecule has 4 aromatic rings. The highest BCUT2D eigenvalue weighted by Crippen LogP contribution is 2.32. The number of anilines is 2. The fraction of sp³-hybridized carbons (Fsp3) is 0.0800. The zero-order valence-electron chi connectivity index (χ0n) is 21.1. The zero-order valence-corrected chi connectivity index (χ0v) is 24.3. The number of carbonyl (C=O) groups excluding carboxylic acids is 1. The van der Waals surface area contributed by atoms with Gasteiger partial charge in [0.2, 0.25) is 0 Å². The molecule has 4 rings (SSSR count). The van der Waals surface area contributed by atoms with Crippen LogP contribution in [0.3, 0.4) is 0 Å². The molecule has 0 fully saturated rings. The monoisotopic (exact) mass is 640 g/mol. The molecule has 16 heteroatoms. The first kappa shape index (κ1) is 30.0. The van der Waals surface area contributed by atoms with Gasteiger partial charge in [-0.05, 0) is 55.5 Å². The second-order valence-electron chi connectivity index (χ2n) is 8.47. The van der Waals surface area contributed by atoms with Crippen LogP contribution in [0, 0.1) is 18.6 Å². The number of nitrogens with zero attached hydrogens (tertiary/aromatic N) is 2. The van der Waals surface area contributed by atoms with Crippen molar-refractivity contribution >= 4 is 67.8 Å². The third kappa shape index (κ3) is 6.35. The third-order valence-corrected chi connectivity index (χ3v) is 8.30. The van der Waals surface area contributed by atoms with E-state index in [0.717, 1.165) is 24.3 Å². The molecule has 3 aromatic carbocycles. The van der Waals surface area contributed by atoms with Crippen LogP contribution < -0.4 is 26.4 Å². The van der Waals surface area contributed by atoms with Gasteiger partial charge in [-0.3, -0.25) is 29.8 Å². The van der Waals surface area contributed by atoms with E-state index in [1.807, 2.05) is 0 Å². The highest BCUT2D eigenvalue weighted by Gasteiger charge is 2.27. The van der Waals surface area contributed by atoms with Gasteiger partial charge >= 0.3 is 0 Å². The van der Waals surface area contributed by atoms with Crippen molar-refractivity contribution in [2.24, 2.45) is 7.05 Å². The van der Waals surface area contributed by atoms with E-state index in [9.17, 15) is 26.8 Å². The summed E-state index contributed by atoms with van der Waals surface area (Å²) in [6, 6.07) is 13.4. The van der Waals surface area contributed by atoms with E-state index in [2.05, 4.69) is 20.9 Å².